The first-order chi connectivity index (χ1) is 9.88. The van der Waals surface area contributed by atoms with Crippen LogP contribution in [0.1, 0.15) is 51.4 Å². The van der Waals surface area contributed by atoms with Crippen LogP contribution in [0.15, 0.2) is 0 Å². The lowest BCUT2D eigenvalue weighted by atomic mass is 9.79. The molecular weight excluding hydrogens is 302 g/mol. The lowest BCUT2D eigenvalue weighted by molar-refractivity contribution is 0.0683. The van der Waals surface area contributed by atoms with E-state index in [1.54, 1.807) is 0 Å². The molecule has 1 rings (SSSR count). The topological polar surface area (TPSA) is 63.3 Å². The van der Waals surface area contributed by atoms with Crippen molar-refractivity contribution in [1.29, 1.82) is 0 Å². The quantitative estimate of drug-likeness (QED) is 0.485. The molecule has 0 aliphatic heterocycles. The number of carboxylic acids is 1. The first-order valence-corrected chi connectivity index (χ1v) is 6.73. The van der Waals surface area contributed by atoms with Gasteiger partial charge in [0.2, 0.25) is 0 Å². The van der Waals surface area contributed by atoms with E-state index in [-0.39, 0.29) is 0 Å². The Morgan fingerprint density at radius 3 is 1.64 bits per heavy atom. The Morgan fingerprint density at radius 2 is 1.45 bits per heavy atom. The summed E-state index contributed by atoms with van der Waals surface area (Å²) < 4.78 is 50.7. The van der Waals surface area contributed by atoms with Gasteiger partial charge in [-0.1, -0.05) is 41.0 Å². The van der Waals surface area contributed by atoms with E-state index in [0.29, 0.717) is 5.41 Å². The van der Waals surface area contributed by atoms with Crippen molar-refractivity contribution >= 4 is 11.7 Å². The molecule has 0 saturated heterocycles. The van der Waals surface area contributed by atoms with Crippen molar-refractivity contribution in [1.82, 2.24) is 0 Å². The Balaban J connectivity index is 0.000000472. The highest BCUT2D eigenvalue weighted by molar-refractivity contribution is 5.88. The molecule has 3 N–H and O–H groups in total. The first kappa shape index (κ1) is 20.2. The van der Waals surface area contributed by atoms with Crippen molar-refractivity contribution in [3.63, 3.8) is 0 Å². The van der Waals surface area contributed by atoms with Gasteiger partial charge in [0.25, 0.3) is 0 Å². The summed E-state index contributed by atoms with van der Waals surface area (Å²) in [5.74, 6) is -9.17. The van der Waals surface area contributed by atoms with Crippen LogP contribution in [-0.4, -0.2) is 11.1 Å². The Hall–Kier alpha value is -1.79. The first-order valence-electron chi connectivity index (χ1n) is 6.73. The van der Waals surface area contributed by atoms with Crippen LogP contribution in [0.2, 0.25) is 0 Å². The number of hydrogen-bond acceptors (Lipinski definition) is 2. The van der Waals surface area contributed by atoms with Gasteiger partial charge in [0.15, 0.2) is 23.3 Å². The number of benzene rings is 1. The molecule has 0 amide bonds. The highest BCUT2D eigenvalue weighted by Gasteiger charge is 2.27. The summed E-state index contributed by atoms with van der Waals surface area (Å²) in [6.07, 6.45) is 1.28. The van der Waals surface area contributed by atoms with Crippen LogP contribution in [0.5, 0.6) is 0 Å². The number of rotatable bonds is 3. The molecule has 0 unspecified atom stereocenters. The van der Waals surface area contributed by atoms with Gasteiger partial charge >= 0.3 is 5.97 Å². The van der Waals surface area contributed by atoms with Crippen LogP contribution >= 0.6 is 0 Å². The Bertz CT molecular complexity index is 528. The van der Waals surface area contributed by atoms with Gasteiger partial charge in [0.1, 0.15) is 11.3 Å². The number of aromatic carboxylic acids is 1. The van der Waals surface area contributed by atoms with Crippen molar-refractivity contribution in [3.8, 4) is 0 Å². The SMILES string of the molecule is CCC(C)(C)C(C)C.Nc1c(F)c(F)c(C(=O)O)c(F)c1F. The molecular formula is C15H21F4NO2. The second-order valence-electron chi connectivity index (χ2n) is 5.85. The molecule has 3 nitrogen and oxygen atoms in total. The molecule has 7 heteroatoms. The summed E-state index contributed by atoms with van der Waals surface area (Å²) in [5.41, 5.74) is 2.09. The van der Waals surface area contributed by atoms with Gasteiger partial charge in [-0.15, -0.1) is 0 Å². The molecule has 0 aliphatic carbocycles. The van der Waals surface area contributed by atoms with E-state index in [1.165, 1.54) is 6.42 Å². The molecule has 0 fully saturated rings. The largest absolute Gasteiger partial charge is 0.477 e. The van der Waals surface area contributed by atoms with Crippen LogP contribution in [0.4, 0.5) is 23.2 Å². The minimum absolute atomic E-state index is 0.542. The van der Waals surface area contributed by atoms with Crippen LogP contribution < -0.4 is 5.73 Å². The normalized spacial score (nSPS) is 11.2. The second-order valence-corrected chi connectivity index (χ2v) is 5.85. The molecule has 1 aromatic carbocycles. The maximum atomic E-state index is 12.7. The van der Waals surface area contributed by atoms with E-state index >= 15 is 0 Å². The molecule has 0 radical (unpaired) electrons. The van der Waals surface area contributed by atoms with Gasteiger partial charge in [0.05, 0.1) is 0 Å². The molecule has 1 aromatic rings. The van der Waals surface area contributed by atoms with Crippen LogP contribution in [0.25, 0.3) is 0 Å². The smallest absolute Gasteiger partial charge is 0.341 e. The third kappa shape index (κ3) is 4.35. The molecule has 126 valence electrons. The molecule has 0 heterocycles. The lowest BCUT2D eigenvalue weighted by Gasteiger charge is -2.27. The van der Waals surface area contributed by atoms with E-state index in [1.807, 2.05) is 0 Å². The minimum atomic E-state index is -2.11. The van der Waals surface area contributed by atoms with E-state index in [2.05, 4.69) is 40.4 Å². The Kier molecular flexibility index (Phi) is 6.86. The second kappa shape index (κ2) is 7.47. The van der Waals surface area contributed by atoms with Gasteiger partial charge in [-0.25, -0.2) is 22.4 Å². The summed E-state index contributed by atoms with van der Waals surface area (Å²) in [7, 11) is 0. The standard InChI is InChI=1S/C8H18.C7H3F4NO2/c1-6-8(4,5)7(2)3;8-2-1(7(13)14)3(9)5(11)6(12)4(2)10/h7H,6H2,1-5H3;12H2,(H,13,14). The van der Waals surface area contributed by atoms with Gasteiger partial charge in [-0.2, -0.15) is 0 Å². The van der Waals surface area contributed by atoms with E-state index in [4.69, 9.17) is 5.11 Å². The number of hydrogen-bond donors (Lipinski definition) is 2. The van der Waals surface area contributed by atoms with Crippen molar-refractivity contribution in [2.75, 3.05) is 5.73 Å². The van der Waals surface area contributed by atoms with Crippen molar-refractivity contribution in [2.45, 2.75) is 41.0 Å². The summed E-state index contributed by atoms with van der Waals surface area (Å²) in [6, 6.07) is 0. The zero-order chi connectivity index (χ0) is 17.8. The summed E-state index contributed by atoms with van der Waals surface area (Å²) >= 11 is 0. The average Bonchev–Trinajstić information content (AvgIpc) is 2.43. The van der Waals surface area contributed by atoms with Crippen molar-refractivity contribution in [3.05, 3.63) is 28.8 Å². The number of carboxylic acid groups (broad SMARTS) is 1. The molecule has 22 heavy (non-hydrogen) atoms. The maximum Gasteiger partial charge on any atom is 0.341 e. The molecule has 0 saturated carbocycles. The molecule has 0 atom stereocenters. The van der Waals surface area contributed by atoms with E-state index < -0.39 is 40.5 Å². The predicted molar refractivity (Wildman–Crippen MR) is 76.6 cm³/mol. The third-order valence-corrected chi connectivity index (χ3v) is 3.99. The van der Waals surface area contributed by atoms with E-state index in [9.17, 15) is 22.4 Å². The number of carbonyl (C=O) groups is 1. The van der Waals surface area contributed by atoms with Gasteiger partial charge in [-0.05, 0) is 11.3 Å². The summed E-state index contributed by atoms with van der Waals surface area (Å²) in [4.78, 5) is 10.2. The minimum Gasteiger partial charge on any atom is -0.477 e. The number of nitrogen functional groups attached to an aromatic ring is 1. The third-order valence-electron chi connectivity index (χ3n) is 3.99. The predicted octanol–water partition coefficient (Wildman–Crippen LogP) is 4.60. The molecule has 0 spiro atoms. The van der Waals surface area contributed by atoms with E-state index in [0.717, 1.165) is 5.92 Å². The van der Waals surface area contributed by atoms with Crippen molar-refractivity contribution < 1.29 is 27.5 Å². The molecule has 0 aliphatic rings. The maximum absolute atomic E-state index is 12.7. The Labute approximate surface area is 127 Å². The zero-order valence-electron chi connectivity index (χ0n) is 13.2. The highest BCUT2D eigenvalue weighted by atomic mass is 19.2. The fraction of sp³-hybridized carbons (Fsp3) is 0.533. The lowest BCUT2D eigenvalue weighted by Crippen LogP contribution is -2.17. The van der Waals surface area contributed by atoms with Gasteiger partial charge in [-0.3, -0.25) is 0 Å². The summed E-state index contributed by atoms with van der Waals surface area (Å²) in [6.45, 7) is 11.4. The fourth-order valence-corrected chi connectivity index (χ4v) is 1.24. The number of nitrogens with two attached hydrogens (primary N) is 1. The summed E-state index contributed by atoms with van der Waals surface area (Å²) in [5, 5.41) is 8.23. The number of anilines is 1. The van der Waals surface area contributed by atoms with Gasteiger partial charge < -0.3 is 10.8 Å². The van der Waals surface area contributed by atoms with Crippen LogP contribution in [0, 0.1) is 34.6 Å². The van der Waals surface area contributed by atoms with Crippen LogP contribution in [0.3, 0.4) is 0 Å². The Morgan fingerprint density at radius 1 is 1.09 bits per heavy atom. The monoisotopic (exact) mass is 323 g/mol. The zero-order valence-corrected chi connectivity index (χ0v) is 13.2. The molecule has 0 bridgehead atoms. The fourth-order valence-electron chi connectivity index (χ4n) is 1.24. The number of halogens is 4. The highest BCUT2D eigenvalue weighted by Crippen LogP contribution is 2.29. The van der Waals surface area contributed by atoms with Gasteiger partial charge in [0, 0.05) is 0 Å². The molecule has 0 aromatic heterocycles. The van der Waals surface area contributed by atoms with Crippen molar-refractivity contribution in [2.24, 2.45) is 11.3 Å². The average molecular weight is 323 g/mol. The van der Waals surface area contributed by atoms with Crippen LogP contribution in [-0.2, 0) is 0 Å².